The molecule has 9 nitrogen and oxygen atoms in total. The first-order chi connectivity index (χ1) is 18.3. The van der Waals surface area contributed by atoms with Crippen LogP contribution < -0.4 is 15.4 Å². The van der Waals surface area contributed by atoms with E-state index in [4.69, 9.17) is 9.84 Å². The number of nitrogens with one attached hydrogen (secondary N) is 2. The van der Waals surface area contributed by atoms with E-state index in [1.807, 2.05) is 22.6 Å². The number of imide groups is 1. The first-order valence-corrected chi connectivity index (χ1v) is 12.8. The van der Waals surface area contributed by atoms with Crippen molar-refractivity contribution >= 4 is 46.1 Å². The van der Waals surface area contributed by atoms with Gasteiger partial charge in [0, 0.05) is 9.99 Å². The molecule has 3 unspecified atom stereocenters. The summed E-state index contributed by atoms with van der Waals surface area (Å²) >= 11 is 1.95. The molecule has 3 aromatic carbocycles. The molecule has 0 aliphatic carbocycles. The van der Waals surface area contributed by atoms with Crippen molar-refractivity contribution in [2.45, 2.75) is 24.6 Å². The van der Waals surface area contributed by atoms with Crippen molar-refractivity contribution in [3.05, 3.63) is 93.3 Å². The standard InChI is InChI=1S/C27H25FIN3O6/c28-21-13-18(29)8-11-22(21)30-25(35)23(12-16-4-2-1-3-5-16)32-26(36)24(31-27(32)37)17-6-9-20(10-7-17)38-15-19(34)14-33/h1-11,13,19,23-24,33-34H,12,14-15H2,(H,30,35)(H,31,37). The fourth-order valence-corrected chi connectivity index (χ4v) is 4.42. The molecule has 11 heteroatoms. The molecule has 198 valence electrons. The fraction of sp³-hybridized carbons (Fsp3) is 0.222. The second-order valence-corrected chi connectivity index (χ2v) is 9.87. The molecule has 3 aromatic rings. The number of aliphatic hydroxyl groups is 2. The zero-order chi connectivity index (χ0) is 27.2. The molecule has 4 rings (SSSR count). The highest BCUT2D eigenvalue weighted by atomic mass is 127. The fourth-order valence-electron chi connectivity index (χ4n) is 3.96. The van der Waals surface area contributed by atoms with E-state index >= 15 is 0 Å². The van der Waals surface area contributed by atoms with Crippen LogP contribution in [0.25, 0.3) is 0 Å². The zero-order valence-electron chi connectivity index (χ0n) is 20.0. The number of ether oxygens (including phenoxy) is 1. The Hall–Kier alpha value is -3.55. The van der Waals surface area contributed by atoms with Gasteiger partial charge in [-0.3, -0.25) is 9.59 Å². The Balaban J connectivity index is 1.56. The molecule has 0 radical (unpaired) electrons. The Kier molecular flexibility index (Phi) is 8.92. The van der Waals surface area contributed by atoms with E-state index in [2.05, 4.69) is 10.6 Å². The Morgan fingerprint density at radius 2 is 1.82 bits per heavy atom. The van der Waals surface area contributed by atoms with E-state index in [-0.39, 0.29) is 18.7 Å². The lowest BCUT2D eigenvalue weighted by Gasteiger charge is -2.25. The maximum absolute atomic E-state index is 14.5. The van der Waals surface area contributed by atoms with Gasteiger partial charge in [0.2, 0.25) is 5.91 Å². The lowest BCUT2D eigenvalue weighted by Crippen LogP contribution is -2.49. The Bertz CT molecular complexity index is 1310. The third-order valence-corrected chi connectivity index (χ3v) is 6.58. The van der Waals surface area contributed by atoms with Gasteiger partial charge in [-0.1, -0.05) is 42.5 Å². The van der Waals surface area contributed by atoms with Crippen molar-refractivity contribution < 1.29 is 33.7 Å². The number of carbonyl (C=O) groups is 3. The number of hydrogen-bond acceptors (Lipinski definition) is 6. The Morgan fingerprint density at radius 3 is 2.47 bits per heavy atom. The second-order valence-electron chi connectivity index (χ2n) is 8.63. The Morgan fingerprint density at radius 1 is 1.11 bits per heavy atom. The van der Waals surface area contributed by atoms with E-state index in [0.717, 1.165) is 4.90 Å². The molecule has 3 atom stereocenters. The first-order valence-electron chi connectivity index (χ1n) is 11.7. The van der Waals surface area contributed by atoms with Gasteiger partial charge in [0.1, 0.15) is 36.4 Å². The van der Waals surface area contributed by atoms with Crippen LogP contribution in [-0.2, 0) is 16.0 Å². The number of aliphatic hydroxyl groups excluding tert-OH is 2. The van der Waals surface area contributed by atoms with Crippen LogP contribution in [-0.4, -0.2) is 58.3 Å². The van der Waals surface area contributed by atoms with Gasteiger partial charge < -0.3 is 25.6 Å². The van der Waals surface area contributed by atoms with Crippen molar-refractivity contribution in [2.24, 2.45) is 0 Å². The van der Waals surface area contributed by atoms with Gasteiger partial charge in [-0.05, 0) is 64.0 Å². The smallest absolute Gasteiger partial charge is 0.325 e. The highest BCUT2D eigenvalue weighted by Gasteiger charge is 2.45. The summed E-state index contributed by atoms with van der Waals surface area (Å²) in [5.74, 6) is -1.56. The van der Waals surface area contributed by atoms with Crippen LogP contribution >= 0.6 is 22.6 Å². The van der Waals surface area contributed by atoms with Crippen molar-refractivity contribution in [3.8, 4) is 5.75 Å². The first kappa shape index (κ1) is 27.5. The molecule has 1 saturated heterocycles. The van der Waals surface area contributed by atoms with E-state index in [0.29, 0.717) is 20.4 Å². The predicted octanol–water partition coefficient (Wildman–Crippen LogP) is 3.01. The molecule has 4 N–H and O–H groups in total. The van der Waals surface area contributed by atoms with E-state index in [9.17, 15) is 23.9 Å². The number of benzene rings is 3. The number of rotatable bonds is 10. The van der Waals surface area contributed by atoms with Crippen LogP contribution in [0, 0.1) is 9.39 Å². The molecule has 1 aliphatic rings. The summed E-state index contributed by atoms with van der Waals surface area (Å²) in [4.78, 5) is 40.7. The van der Waals surface area contributed by atoms with E-state index < -0.39 is 48.5 Å². The third kappa shape index (κ3) is 6.47. The highest BCUT2D eigenvalue weighted by Crippen LogP contribution is 2.27. The van der Waals surface area contributed by atoms with Crippen molar-refractivity contribution in [2.75, 3.05) is 18.5 Å². The predicted molar refractivity (Wildman–Crippen MR) is 145 cm³/mol. The van der Waals surface area contributed by atoms with Gasteiger partial charge in [-0.2, -0.15) is 0 Å². The van der Waals surface area contributed by atoms with E-state index in [1.165, 1.54) is 12.1 Å². The quantitative estimate of drug-likeness (QED) is 0.201. The summed E-state index contributed by atoms with van der Waals surface area (Å²) in [6.45, 7) is -0.551. The molecule has 0 aromatic heterocycles. The number of anilines is 1. The monoisotopic (exact) mass is 633 g/mol. The number of urea groups is 1. The van der Waals surface area contributed by atoms with Gasteiger partial charge in [0.15, 0.2) is 0 Å². The summed E-state index contributed by atoms with van der Waals surface area (Å²) in [6, 6.07) is 16.5. The highest BCUT2D eigenvalue weighted by molar-refractivity contribution is 14.1. The summed E-state index contributed by atoms with van der Waals surface area (Å²) in [5.41, 5.74) is 1.12. The van der Waals surface area contributed by atoms with Crippen molar-refractivity contribution in [1.82, 2.24) is 10.2 Å². The maximum Gasteiger partial charge on any atom is 0.325 e. The number of carbonyl (C=O) groups excluding carboxylic acids is 3. The molecular weight excluding hydrogens is 608 g/mol. The van der Waals surface area contributed by atoms with Gasteiger partial charge in [0.05, 0.1) is 12.3 Å². The number of hydrogen-bond donors (Lipinski definition) is 4. The van der Waals surface area contributed by atoms with Crippen LogP contribution in [0.2, 0.25) is 0 Å². The van der Waals surface area contributed by atoms with Gasteiger partial charge in [-0.25, -0.2) is 14.1 Å². The molecular formula is C27H25FIN3O6. The van der Waals surface area contributed by atoms with Gasteiger partial charge in [0.25, 0.3) is 5.91 Å². The van der Waals surface area contributed by atoms with Crippen molar-refractivity contribution in [1.29, 1.82) is 0 Å². The van der Waals surface area contributed by atoms with Crippen LogP contribution in [0.5, 0.6) is 5.75 Å². The lowest BCUT2D eigenvalue weighted by molar-refractivity contribution is -0.134. The minimum atomic E-state index is -1.24. The normalized spacial score (nSPS) is 16.6. The molecule has 0 spiro atoms. The maximum atomic E-state index is 14.5. The minimum Gasteiger partial charge on any atom is -0.491 e. The molecule has 38 heavy (non-hydrogen) atoms. The molecule has 1 fully saturated rings. The van der Waals surface area contributed by atoms with Gasteiger partial charge in [-0.15, -0.1) is 0 Å². The summed E-state index contributed by atoms with van der Waals surface area (Å²) in [5, 5.41) is 23.5. The average Bonchev–Trinajstić information content (AvgIpc) is 3.21. The van der Waals surface area contributed by atoms with Crippen LogP contribution in [0.1, 0.15) is 17.2 Å². The largest absolute Gasteiger partial charge is 0.491 e. The molecule has 0 saturated carbocycles. The molecule has 4 amide bonds. The number of halogens is 2. The molecule has 0 bridgehead atoms. The average molecular weight is 633 g/mol. The SMILES string of the molecule is O=C(Nc1ccc(I)cc1F)C(Cc1ccccc1)N1C(=O)NC(c2ccc(OCC(O)CO)cc2)C1=O. The number of nitrogens with zero attached hydrogens (tertiary/aromatic N) is 1. The molecule has 1 aliphatic heterocycles. The second kappa shape index (κ2) is 12.3. The zero-order valence-corrected chi connectivity index (χ0v) is 22.2. The number of amides is 4. The minimum absolute atomic E-state index is 0.0322. The topological polar surface area (TPSA) is 128 Å². The summed E-state index contributed by atoms with van der Waals surface area (Å²) in [7, 11) is 0. The van der Waals surface area contributed by atoms with E-state index in [1.54, 1.807) is 60.7 Å². The van der Waals surface area contributed by atoms with Crippen LogP contribution in [0.4, 0.5) is 14.9 Å². The summed E-state index contributed by atoms with van der Waals surface area (Å²) in [6.07, 6.45) is -0.996. The Labute approximate surface area is 231 Å². The van der Waals surface area contributed by atoms with Crippen LogP contribution in [0.15, 0.2) is 72.8 Å². The lowest BCUT2D eigenvalue weighted by atomic mass is 10.0. The van der Waals surface area contributed by atoms with Crippen LogP contribution in [0.3, 0.4) is 0 Å². The van der Waals surface area contributed by atoms with Crippen molar-refractivity contribution in [3.63, 3.8) is 0 Å². The molecule has 1 heterocycles. The van der Waals surface area contributed by atoms with Gasteiger partial charge >= 0.3 is 6.03 Å². The summed E-state index contributed by atoms with van der Waals surface area (Å²) < 4.78 is 20.5. The third-order valence-electron chi connectivity index (χ3n) is 5.91.